The van der Waals surface area contributed by atoms with E-state index in [1.807, 2.05) is 0 Å². The lowest BCUT2D eigenvalue weighted by Gasteiger charge is -2.38. The van der Waals surface area contributed by atoms with E-state index in [-0.39, 0.29) is 0 Å². The molecule has 0 bridgehead atoms. The fourth-order valence-corrected chi connectivity index (χ4v) is 2.05. The van der Waals surface area contributed by atoms with Gasteiger partial charge in [0.2, 0.25) is 5.66 Å². The van der Waals surface area contributed by atoms with Crippen LogP contribution in [-0.4, -0.2) is 69.5 Å². The number of carbonyl (C=O) groups is 1. The molecule has 120 valence electrons. The summed E-state index contributed by atoms with van der Waals surface area (Å²) in [5, 5.41) is 29.8. The van der Waals surface area contributed by atoms with Crippen LogP contribution in [0.3, 0.4) is 0 Å². The molecule has 1 fully saturated rings. The number of ether oxygens (including phenoxy) is 1. The molecule has 2 aliphatic rings. The molecule has 0 aliphatic carbocycles. The molecule has 0 aromatic rings. The predicted octanol–water partition coefficient (Wildman–Crippen LogP) is -1.82. The Morgan fingerprint density at radius 2 is 2.10 bits per heavy atom. The summed E-state index contributed by atoms with van der Waals surface area (Å²) in [6.45, 7) is -0.658. The third-order valence-corrected chi connectivity index (χ3v) is 3.33. The number of rotatable bonds is 3. The number of nitrogens with one attached hydrogen (secondary N) is 1. The Morgan fingerprint density at radius 3 is 2.57 bits per heavy atom. The molecule has 1 saturated heterocycles. The van der Waals surface area contributed by atoms with E-state index in [1.54, 1.807) is 5.32 Å². The summed E-state index contributed by atoms with van der Waals surface area (Å²) in [4.78, 5) is 12.2. The number of amides is 2. The molecule has 5 atom stereocenters. The third kappa shape index (κ3) is 2.46. The summed E-state index contributed by atoms with van der Waals surface area (Å²) >= 11 is 0. The van der Waals surface area contributed by atoms with Gasteiger partial charge in [-0.25, -0.2) is 18.0 Å². The van der Waals surface area contributed by atoms with E-state index >= 15 is 0 Å². The second kappa shape index (κ2) is 5.42. The maximum Gasteiger partial charge on any atom is 0.325 e. The zero-order valence-electron chi connectivity index (χ0n) is 10.5. The predicted molar refractivity (Wildman–Crippen MR) is 60.2 cm³/mol. The Balaban J connectivity index is 2.26. The zero-order valence-corrected chi connectivity index (χ0v) is 10.5. The minimum Gasteiger partial charge on any atom is -0.394 e. The Bertz CT molecular complexity index is 465. The molecule has 0 spiro atoms. The van der Waals surface area contributed by atoms with E-state index in [1.165, 1.54) is 0 Å². The number of nitrogens with two attached hydrogens (primary N) is 1. The summed E-state index contributed by atoms with van der Waals surface area (Å²) in [7, 11) is 0. The lowest BCUT2D eigenvalue weighted by Crippen LogP contribution is -2.67. The number of hydrogen-bond donors (Lipinski definition) is 5. The number of hydrogen-bond acceptors (Lipinski definition) is 6. The van der Waals surface area contributed by atoms with Gasteiger partial charge in [-0.15, -0.1) is 0 Å². The number of halogens is 3. The molecule has 11 heteroatoms. The van der Waals surface area contributed by atoms with E-state index < -0.39 is 55.1 Å². The molecule has 2 amide bonds. The van der Waals surface area contributed by atoms with E-state index in [4.69, 9.17) is 15.6 Å². The zero-order chi connectivity index (χ0) is 15.9. The van der Waals surface area contributed by atoms with Gasteiger partial charge >= 0.3 is 6.03 Å². The largest absolute Gasteiger partial charge is 0.394 e. The van der Waals surface area contributed by atoms with Crippen LogP contribution < -0.4 is 11.1 Å². The first-order valence-electron chi connectivity index (χ1n) is 5.90. The molecule has 0 radical (unpaired) electrons. The average Bonchev–Trinajstić information content (AvgIpc) is 2.70. The molecule has 21 heavy (non-hydrogen) atoms. The van der Waals surface area contributed by atoms with Crippen LogP contribution in [-0.2, 0) is 4.74 Å². The van der Waals surface area contributed by atoms with Crippen molar-refractivity contribution in [3.05, 3.63) is 12.0 Å². The molecule has 0 saturated carbocycles. The number of nitrogens with zero attached hydrogens (tertiary/aromatic N) is 1. The second-order valence-electron chi connectivity index (χ2n) is 4.71. The molecule has 2 heterocycles. The molecule has 6 N–H and O–H groups in total. The molecule has 1 unspecified atom stereocenters. The molecule has 8 nitrogen and oxygen atoms in total. The van der Waals surface area contributed by atoms with Gasteiger partial charge in [-0.3, -0.25) is 10.6 Å². The fraction of sp³-hybridized carbons (Fsp3) is 0.700. The fourth-order valence-electron chi connectivity index (χ4n) is 2.05. The molecule has 2 aliphatic heterocycles. The van der Waals surface area contributed by atoms with Crippen LogP contribution >= 0.6 is 0 Å². The van der Waals surface area contributed by atoms with Crippen LogP contribution in [0.15, 0.2) is 12.0 Å². The van der Waals surface area contributed by atoms with Crippen LogP contribution in [0.4, 0.5) is 18.0 Å². The first-order valence-corrected chi connectivity index (χ1v) is 5.90. The van der Waals surface area contributed by atoms with Gasteiger partial charge in [-0.2, -0.15) is 0 Å². The normalized spacial score (nSPS) is 40.5. The summed E-state index contributed by atoms with van der Waals surface area (Å²) in [6.07, 6.45) is -8.97. The smallest absolute Gasteiger partial charge is 0.325 e. The van der Waals surface area contributed by atoms with Gasteiger partial charge in [0.1, 0.15) is 18.3 Å². The molecule has 0 aromatic heterocycles. The van der Waals surface area contributed by atoms with Crippen molar-refractivity contribution in [2.75, 3.05) is 6.61 Å². The number of carbonyl (C=O) groups excluding carboxylic acids is 1. The highest BCUT2D eigenvalue weighted by Gasteiger charge is 2.52. The van der Waals surface area contributed by atoms with E-state index in [0.29, 0.717) is 11.1 Å². The van der Waals surface area contributed by atoms with E-state index in [0.717, 1.165) is 0 Å². The Kier molecular flexibility index (Phi) is 4.13. The quantitative estimate of drug-likeness (QED) is 0.417. The van der Waals surface area contributed by atoms with Gasteiger partial charge in [-0.05, 0) is 0 Å². The Labute approximate surface area is 116 Å². The Hall–Kier alpha value is -1.40. The standard InChI is InChI=1S/C10H14F3N3O5/c11-4-1-16(9(20)15-10(4,14)8(12)13)7-6(19)5(18)3(2-17)21-7/h1,3,5-8,17-19H,2,14H2,(H,15,20)/t3-,5-,6-,7-,10?/m1/s1. The van der Waals surface area contributed by atoms with Crippen molar-refractivity contribution in [3.63, 3.8) is 0 Å². The SMILES string of the molecule is NC1(C(F)F)NC(=O)N([C@@H]2O[C@H](CO)[C@@H](O)[C@H]2O)C=C1F. The van der Waals surface area contributed by atoms with Crippen LogP contribution in [0.25, 0.3) is 0 Å². The van der Waals surface area contributed by atoms with Crippen molar-refractivity contribution in [3.8, 4) is 0 Å². The monoisotopic (exact) mass is 313 g/mol. The lowest BCUT2D eigenvalue weighted by atomic mass is 10.1. The van der Waals surface area contributed by atoms with E-state index in [9.17, 15) is 28.2 Å². The average molecular weight is 313 g/mol. The van der Waals surface area contributed by atoms with Gasteiger partial charge in [0.15, 0.2) is 12.1 Å². The number of aliphatic hydroxyl groups is 3. The van der Waals surface area contributed by atoms with Gasteiger partial charge in [-0.1, -0.05) is 0 Å². The lowest BCUT2D eigenvalue weighted by molar-refractivity contribution is -0.0714. The van der Waals surface area contributed by atoms with Crippen molar-refractivity contribution in [1.82, 2.24) is 10.2 Å². The Morgan fingerprint density at radius 1 is 1.48 bits per heavy atom. The highest BCUT2D eigenvalue weighted by molar-refractivity contribution is 5.78. The summed E-state index contributed by atoms with van der Waals surface area (Å²) in [5.41, 5.74) is 2.10. The van der Waals surface area contributed by atoms with Crippen molar-refractivity contribution < 1.29 is 38.0 Å². The minimum atomic E-state index is -3.40. The molecular weight excluding hydrogens is 299 g/mol. The van der Waals surface area contributed by atoms with Gasteiger partial charge in [0.25, 0.3) is 6.43 Å². The highest BCUT2D eigenvalue weighted by atomic mass is 19.3. The third-order valence-electron chi connectivity index (χ3n) is 3.33. The minimum absolute atomic E-state index is 0.366. The summed E-state index contributed by atoms with van der Waals surface area (Å²) in [6, 6.07) is -1.24. The maximum absolute atomic E-state index is 13.7. The van der Waals surface area contributed by atoms with Gasteiger partial charge in [0, 0.05) is 6.20 Å². The van der Waals surface area contributed by atoms with Gasteiger partial charge < -0.3 is 25.4 Å². The van der Waals surface area contributed by atoms with Gasteiger partial charge in [0.05, 0.1) is 6.61 Å². The van der Waals surface area contributed by atoms with Crippen molar-refractivity contribution in [2.45, 2.75) is 36.6 Å². The molecular formula is C10H14F3N3O5. The summed E-state index contributed by atoms with van der Waals surface area (Å²) < 4.78 is 44.1. The van der Waals surface area contributed by atoms with Crippen molar-refractivity contribution >= 4 is 6.03 Å². The topological polar surface area (TPSA) is 128 Å². The number of urea groups is 1. The van der Waals surface area contributed by atoms with E-state index in [2.05, 4.69) is 0 Å². The van der Waals surface area contributed by atoms with Crippen molar-refractivity contribution in [1.29, 1.82) is 0 Å². The number of aliphatic hydroxyl groups excluding tert-OH is 3. The van der Waals surface area contributed by atoms with Crippen LogP contribution in [0, 0.1) is 0 Å². The molecule has 0 aromatic carbocycles. The first-order chi connectivity index (χ1) is 9.72. The first kappa shape index (κ1) is 16.0. The molecule has 2 rings (SSSR count). The van der Waals surface area contributed by atoms with Crippen LogP contribution in [0.5, 0.6) is 0 Å². The summed E-state index contributed by atoms with van der Waals surface area (Å²) in [5.74, 6) is -1.55. The maximum atomic E-state index is 13.7. The van der Waals surface area contributed by atoms with Crippen LogP contribution in [0.2, 0.25) is 0 Å². The van der Waals surface area contributed by atoms with Crippen molar-refractivity contribution in [2.24, 2.45) is 5.73 Å². The second-order valence-corrected chi connectivity index (χ2v) is 4.71. The highest BCUT2D eigenvalue weighted by Crippen LogP contribution is 2.30. The number of alkyl halides is 2. The van der Waals surface area contributed by atoms with Crippen LogP contribution in [0.1, 0.15) is 0 Å².